The van der Waals surface area contributed by atoms with Gasteiger partial charge in [-0.15, -0.1) is 0 Å². The number of fused-ring (bicyclic) bond motifs is 1. The Hall–Kier alpha value is -2.61. The summed E-state index contributed by atoms with van der Waals surface area (Å²) in [7, 11) is 0. The van der Waals surface area contributed by atoms with Crippen LogP contribution in [0.25, 0.3) is 0 Å². The summed E-state index contributed by atoms with van der Waals surface area (Å²) < 4.78 is 5.45. The number of ether oxygens (including phenoxy) is 1. The maximum atomic E-state index is 9.46. The fourth-order valence-corrected chi connectivity index (χ4v) is 2.82. The highest BCUT2D eigenvalue weighted by molar-refractivity contribution is 5.58. The first kappa shape index (κ1) is 14.3. The molecule has 0 spiro atoms. The van der Waals surface area contributed by atoms with Gasteiger partial charge in [0.05, 0.1) is 6.61 Å². The highest BCUT2D eigenvalue weighted by atomic mass is 16.5. The van der Waals surface area contributed by atoms with Crippen LogP contribution in [-0.4, -0.2) is 29.7 Å². The van der Waals surface area contributed by atoms with Gasteiger partial charge in [-0.3, -0.25) is 0 Å². The Kier molecular flexibility index (Phi) is 4.19. The van der Waals surface area contributed by atoms with Crippen molar-refractivity contribution >= 4 is 5.82 Å². The molecule has 0 saturated carbocycles. The molecular formula is C17H18N4O. The molecule has 5 nitrogen and oxygen atoms in total. The van der Waals surface area contributed by atoms with Gasteiger partial charge in [0.1, 0.15) is 12.4 Å². The summed E-state index contributed by atoms with van der Waals surface area (Å²) in [5, 5.41) is 9.46. The third-order valence-electron chi connectivity index (χ3n) is 3.91. The maximum absolute atomic E-state index is 9.46. The van der Waals surface area contributed by atoms with Crippen molar-refractivity contribution in [1.29, 1.82) is 5.26 Å². The minimum Gasteiger partial charge on any atom is -0.477 e. The van der Waals surface area contributed by atoms with E-state index in [1.807, 2.05) is 6.92 Å². The summed E-state index contributed by atoms with van der Waals surface area (Å²) in [6, 6.07) is 10.7. The molecule has 0 amide bonds. The lowest BCUT2D eigenvalue weighted by Gasteiger charge is -2.22. The van der Waals surface area contributed by atoms with Crippen LogP contribution in [0.15, 0.2) is 30.6 Å². The van der Waals surface area contributed by atoms with Crippen molar-refractivity contribution in [2.24, 2.45) is 0 Å². The predicted octanol–water partition coefficient (Wildman–Crippen LogP) is 2.35. The summed E-state index contributed by atoms with van der Waals surface area (Å²) in [5.74, 6) is 1.05. The molecule has 0 radical (unpaired) electrons. The SMILES string of the molecule is CCOc1ncnc(N2CCc3ccccc3CC2)c1C#N. The molecule has 0 N–H and O–H groups in total. The molecule has 1 aromatic carbocycles. The fourth-order valence-electron chi connectivity index (χ4n) is 2.82. The van der Waals surface area contributed by atoms with Gasteiger partial charge in [-0.25, -0.2) is 9.97 Å². The largest absolute Gasteiger partial charge is 0.477 e. The molecule has 112 valence electrons. The van der Waals surface area contributed by atoms with E-state index < -0.39 is 0 Å². The monoisotopic (exact) mass is 294 g/mol. The Bertz CT molecular complexity index is 681. The van der Waals surface area contributed by atoms with Crippen molar-refractivity contribution in [1.82, 2.24) is 9.97 Å². The van der Waals surface area contributed by atoms with E-state index in [2.05, 4.69) is 45.2 Å². The summed E-state index contributed by atoms with van der Waals surface area (Å²) >= 11 is 0. The summed E-state index contributed by atoms with van der Waals surface area (Å²) in [6.07, 6.45) is 3.38. The van der Waals surface area contributed by atoms with Gasteiger partial charge in [0.15, 0.2) is 11.4 Å². The first-order valence-corrected chi connectivity index (χ1v) is 7.53. The molecule has 2 aromatic rings. The third-order valence-corrected chi connectivity index (χ3v) is 3.91. The van der Waals surface area contributed by atoms with E-state index >= 15 is 0 Å². The number of anilines is 1. The molecule has 1 aromatic heterocycles. The minimum atomic E-state index is 0.372. The zero-order valence-electron chi connectivity index (χ0n) is 12.6. The Morgan fingerprint density at radius 1 is 1.18 bits per heavy atom. The molecule has 1 aliphatic heterocycles. The Morgan fingerprint density at radius 3 is 2.45 bits per heavy atom. The lowest BCUT2D eigenvalue weighted by Crippen LogP contribution is -2.28. The van der Waals surface area contributed by atoms with E-state index in [0.29, 0.717) is 23.9 Å². The predicted molar refractivity (Wildman–Crippen MR) is 84.0 cm³/mol. The molecule has 22 heavy (non-hydrogen) atoms. The number of hydrogen-bond donors (Lipinski definition) is 0. The minimum absolute atomic E-state index is 0.372. The summed E-state index contributed by atoms with van der Waals surface area (Å²) in [6.45, 7) is 4.05. The van der Waals surface area contributed by atoms with Crippen LogP contribution in [0.2, 0.25) is 0 Å². The van der Waals surface area contributed by atoms with Crippen LogP contribution in [0.1, 0.15) is 23.6 Å². The fraction of sp³-hybridized carbons (Fsp3) is 0.353. The van der Waals surface area contributed by atoms with E-state index in [4.69, 9.17) is 4.74 Å². The molecule has 1 aliphatic rings. The molecule has 3 rings (SSSR count). The zero-order valence-corrected chi connectivity index (χ0v) is 12.6. The molecule has 0 bridgehead atoms. The normalized spacial score (nSPS) is 13.9. The highest BCUT2D eigenvalue weighted by Gasteiger charge is 2.20. The Morgan fingerprint density at radius 2 is 1.86 bits per heavy atom. The van der Waals surface area contributed by atoms with Crippen molar-refractivity contribution in [2.75, 3.05) is 24.6 Å². The van der Waals surface area contributed by atoms with Gasteiger partial charge in [0, 0.05) is 13.1 Å². The van der Waals surface area contributed by atoms with Crippen molar-refractivity contribution in [2.45, 2.75) is 19.8 Å². The highest BCUT2D eigenvalue weighted by Crippen LogP contribution is 2.26. The number of aromatic nitrogens is 2. The van der Waals surface area contributed by atoms with Gasteiger partial charge in [-0.05, 0) is 30.9 Å². The van der Waals surface area contributed by atoms with Gasteiger partial charge in [0.25, 0.3) is 0 Å². The van der Waals surface area contributed by atoms with Gasteiger partial charge in [-0.1, -0.05) is 24.3 Å². The second-order valence-corrected chi connectivity index (χ2v) is 5.18. The first-order chi connectivity index (χ1) is 10.8. The Balaban J connectivity index is 1.90. The Labute approximate surface area is 130 Å². The number of rotatable bonds is 3. The first-order valence-electron chi connectivity index (χ1n) is 7.53. The summed E-state index contributed by atoms with van der Waals surface area (Å²) in [5.41, 5.74) is 3.18. The quantitative estimate of drug-likeness (QED) is 0.869. The van der Waals surface area contributed by atoms with Crippen LogP contribution in [-0.2, 0) is 12.8 Å². The molecule has 0 saturated heterocycles. The average Bonchev–Trinajstić information content (AvgIpc) is 2.77. The topological polar surface area (TPSA) is 62.0 Å². The van der Waals surface area contributed by atoms with Crippen molar-refractivity contribution in [3.05, 3.63) is 47.3 Å². The second kappa shape index (κ2) is 6.44. The standard InChI is InChI=1S/C17H18N4O/c1-2-22-17-15(11-18)16(19-12-20-17)21-9-7-13-5-3-4-6-14(13)8-10-21/h3-6,12H,2,7-10H2,1H3. The van der Waals surface area contributed by atoms with Crippen molar-refractivity contribution < 1.29 is 4.74 Å². The summed E-state index contributed by atoms with van der Waals surface area (Å²) in [4.78, 5) is 10.6. The van der Waals surface area contributed by atoms with Crippen LogP contribution >= 0.6 is 0 Å². The van der Waals surface area contributed by atoms with E-state index in [1.165, 1.54) is 17.5 Å². The molecule has 2 heterocycles. The number of benzene rings is 1. The number of nitrogens with zero attached hydrogens (tertiary/aromatic N) is 4. The molecular weight excluding hydrogens is 276 g/mol. The van der Waals surface area contributed by atoms with Gasteiger partial charge in [-0.2, -0.15) is 5.26 Å². The van der Waals surface area contributed by atoms with Gasteiger partial charge < -0.3 is 9.64 Å². The molecule has 5 heteroatoms. The van der Waals surface area contributed by atoms with Crippen LogP contribution in [0.5, 0.6) is 5.88 Å². The second-order valence-electron chi connectivity index (χ2n) is 5.18. The molecule has 0 aliphatic carbocycles. The van der Waals surface area contributed by atoms with Gasteiger partial charge in [0.2, 0.25) is 5.88 Å². The van der Waals surface area contributed by atoms with E-state index in [0.717, 1.165) is 25.9 Å². The van der Waals surface area contributed by atoms with E-state index in [1.54, 1.807) is 0 Å². The van der Waals surface area contributed by atoms with Gasteiger partial charge >= 0.3 is 0 Å². The molecule has 0 atom stereocenters. The number of nitriles is 1. The van der Waals surface area contributed by atoms with Crippen molar-refractivity contribution in [3.63, 3.8) is 0 Å². The van der Waals surface area contributed by atoms with Crippen LogP contribution in [0.4, 0.5) is 5.82 Å². The van der Waals surface area contributed by atoms with E-state index in [9.17, 15) is 5.26 Å². The zero-order chi connectivity index (χ0) is 15.4. The average molecular weight is 294 g/mol. The van der Waals surface area contributed by atoms with E-state index in [-0.39, 0.29) is 0 Å². The van der Waals surface area contributed by atoms with Crippen LogP contribution in [0, 0.1) is 11.3 Å². The van der Waals surface area contributed by atoms with Crippen LogP contribution in [0.3, 0.4) is 0 Å². The smallest absolute Gasteiger partial charge is 0.237 e. The number of hydrogen-bond acceptors (Lipinski definition) is 5. The maximum Gasteiger partial charge on any atom is 0.237 e. The molecule has 0 unspecified atom stereocenters. The molecule has 0 fully saturated rings. The van der Waals surface area contributed by atoms with Crippen molar-refractivity contribution in [3.8, 4) is 11.9 Å². The lowest BCUT2D eigenvalue weighted by molar-refractivity contribution is 0.325. The third kappa shape index (κ3) is 2.73. The van der Waals surface area contributed by atoms with Crippen LogP contribution < -0.4 is 9.64 Å². The lowest BCUT2D eigenvalue weighted by atomic mass is 10.0.